The Hall–Kier alpha value is -0.387. The summed E-state index contributed by atoms with van der Waals surface area (Å²) in [6.07, 6.45) is 6.16. The maximum absolute atomic E-state index is 3.95. The molecule has 0 spiro atoms. The van der Waals surface area contributed by atoms with Crippen LogP contribution in [0.15, 0.2) is 43.0 Å². The van der Waals surface area contributed by atoms with E-state index in [2.05, 4.69) is 25.1 Å². The van der Waals surface area contributed by atoms with Gasteiger partial charge in [-0.3, -0.25) is 0 Å². The van der Waals surface area contributed by atoms with Crippen molar-refractivity contribution in [2.45, 2.75) is 0 Å². The van der Waals surface area contributed by atoms with E-state index in [1.807, 2.05) is 24.3 Å². The summed E-state index contributed by atoms with van der Waals surface area (Å²) in [6.45, 7) is 3.95. The summed E-state index contributed by atoms with van der Waals surface area (Å²) in [5, 5.41) is 0. The summed E-state index contributed by atoms with van der Waals surface area (Å²) < 4.78 is 0. The average molecular weight is 242 g/mol. The number of hydrogen-bond donors (Lipinski definition) is 0. The molecular formula is C11H9ClZn-. The van der Waals surface area contributed by atoms with E-state index < -0.39 is 0 Å². The summed E-state index contributed by atoms with van der Waals surface area (Å²) in [5.41, 5.74) is 3.61. The van der Waals surface area contributed by atoms with Crippen molar-refractivity contribution < 1.29 is 31.9 Å². The van der Waals surface area contributed by atoms with Crippen molar-refractivity contribution in [1.82, 2.24) is 0 Å². The van der Waals surface area contributed by atoms with Crippen molar-refractivity contribution in [2.24, 2.45) is 0 Å². The molecule has 0 atom stereocenters. The van der Waals surface area contributed by atoms with Crippen molar-refractivity contribution in [2.75, 3.05) is 0 Å². The van der Waals surface area contributed by atoms with Crippen LogP contribution in [0, 0.1) is 6.42 Å². The summed E-state index contributed by atoms with van der Waals surface area (Å²) in [7, 11) is 0. The van der Waals surface area contributed by atoms with Crippen molar-refractivity contribution in [3.05, 3.63) is 60.5 Å². The van der Waals surface area contributed by atoms with Crippen LogP contribution in [-0.2, 0) is 19.5 Å². The van der Waals surface area contributed by atoms with E-state index in [1.165, 1.54) is 11.1 Å². The topological polar surface area (TPSA) is 0 Å². The third-order valence-electron chi connectivity index (χ3n) is 1.88. The van der Waals surface area contributed by atoms with Gasteiger partial charge < -0.3 is 12.4 Å². The second-order valence-corrected chi connectivity index (χ2v) is 2.64. The number of hydrogen-bond acceptors (Lipinski definition) is 0. The minimum absolute atomic E-state index is 0. The third-order valence-corrected chi connectivity index (χ3v) is 1.88. The molecule has 13 heavy (non-hydrogen) atoms. The van der Waals surface area contributed by atoms with Crippen molar-refractivity contribution >= 4 is 5.57 Å². The number of halogens is 1. The van der Waals surface area contributed by atoms with Gasteiger partial charge in [-0.1, -0.05) is 43.0 Å². The first kappa shape index (κ1) is 12.6. The van der Waals surface area contributed by atoms with Crippen LogP contribution in [-0.4, -0.2) is 0 Å². The van der Waals surface area contributed by atoms with E-state index >= 15 is 0 Å². The summed E-state index contributed by atoms with van der Waals surface area (Å²) in [5.74, 6) is 0. The van der Waals surface area contributed by atoms with Crippen molar-refractivity contribution in [3.8, 4) is 0 Å². The van der Waals surface area contributed by atoms with E-state index in [0.29, 0.717) is 0 Å². The quantitative estimate of drug-likeness (QED) is 0.554. The molecule has 1 aromatic rings. The van der Waals surface area contributed by atoms with Gasteiger partial charge in [-0.05, 0) is 16.7 Å². The summed E-state index contributed by atoms with van der Waals surface area (Å²) in [6, 6.07) is 8.28. The molecule has 0 N–H and O–H groups in total. The fraction of sp³-hybridized carbons (Fsp3) is 0. The smallest absolute Gasteiger partial charge is 0.0131 e. The third kappa shape index (κ3) is 2.53. The molecule has 1 radical (unpaired) electrons. The molecule has 0 unspecified atom stereocenters. The molecule has 0 saturated heterocycles. The zero-order valence-electron chi connectivity index (χ0n) is 7.33. The molecule has 0 bridgehead atoms. The molecule has 0 nitrogen and oxygen atoms in total. The van der Waals surface area contributed by atoms with Gasteiger partial charge in [0.25, 0.3) is 0 Å². The van der Waals surface area contributed by atoms with Crippen LogP contribution in [0.3, 0.4) is 0 Å². The van der Waals surface area contributed by atoms with Crippen LogP contribution in [0.5, 0.6) is 0 Å². The summed E-state index contributed by atoms with van der Waals surface area (Å²) in [4.78, 5) is 0. The van der Waals surface area contributed by atoms with Gasteiger partial charge in [-0.25, -0.2) is 0 Å². The Morgan fingerprint density at radius 1 is 1.08 bits per heavy atom. The maximum atomic E-state index is 3.95. The van der Waals surface area contributed by atoms with Gasteiger partial charge >= 0.3 is 0 Å². The molecule has 1 aliphatic rings. The predicted octanol–water partition coefficient (Wildman–Crippen LogP) is -0.177. The van der Waals surface area contributed by atoms with Crippen molar-refractivity contribution in [3.63, 3.8) is 0 Å². The Kier molecular flexibility index (Phi) is 5.21. The molecule has 63 valence electrons. The van der Waals surface area contributed by atoms with Gasteiger partial charge in [0, 0.05) is 25.9 Å². The van der Waals surface area contributed by atoms with E-state index in [-0.39, 0.29) is 31.9 Å². The van der Waals surface area contributed by atoms with Crippen molar-refractivity contribution in [1.29, 1.82) is 0 Å². The van der Waals surface area contributed by atoms with Gasteiger partial charge in [-0.2, -0.15) is 0 Å². The number of fused-ring (bicyclic) bond motifs is 1. The SMILES string of the molecule is C=C1C=C[CH]c2ccccc21.[Cl-].[Zn]. The number of benzene rings is 1. The monoisotopic (exact) mass is 240 g/mol. The molecule has 2 heteroatoms. The first-order chi connectivity index (χ1) is 5.38. The summed E-state index contributed by atoms with van der Waals surface area (Å²) >= 11 is 0. The van der Waals surface area contributed by atoms with Crippen LogP contribution in [0.1, 0.15) is 11.1 Å². The van der Waals surface area contributed by atoms with Gasteiger partial charge in [0.15, 0.2) is 0 Å². The van der Waals surface area contributed by atoms with Crippen LogP contribution >= 0.6 is 0 Å². The van der Waals surface area contributed by atoms with Gasteiger partial charge in [0.1, 0.15) is 0 Å². The van der Waals surface area contributed by atoms with Gasteiger partial charge in [0.05, 0.1) is 0 Å². The fourth-order valence-corrected chi connectivity index (χ4v) is 1.29. The Labute approximate surface area is 97.9 Å². The minimum atomic E-state index is 0. The van der Waals surface area contributed by atoms with Gasteiger partial charge in [-0.15, -0.1) is 0 Å². The average Bonchev–Trinajstić information content (AvgIpc) is 2.06. The molecule has 0 saturated carbocycles. The second-order valence-electron chi connectivity index (χ2n) is 2.64. The molecule has 0 fully saturated rings. The standard InChI is InChI=1S/C11H9.ClH.Zn/c1-9-5-4-7-10-6-2-3-8-11(9)10;;/h2-8H,1H2;1H;/p-1. The first-order valence-electron chi connectivity index (χ1n) is 3.67. The normalized spacial score (nSPS) is 12.5. The van der Waals surface area contributed by atoms with Crippen LogP contribution in [0.2, 0.25) is 0 Å². The Morgan fingerprint density at radius 3 is 2.46 bits per heavy atom. The molecular weight excluding hydrogens is 233 g/mol. The number of allylic oxidation sites excluding steroid dienone is 3. The molecule has 0 heterocycles. The molecule has 0 amide bonds. The molecule has 0 aromatic heterocycles. The van der Waals surface area contributed by atoms with Crippen LogP contribution in [0.25, 0.3) is 5.57 Å². The van der Waals surface area contributed by atoms with E-state index in [1.54, 1.807) is 0 Å². The molecule has 1 aromatic carbocycles. The molecule has 2 rings (SSSR count). The van der Waals surface area contributed by atoms with E-state index in [9.17, 15) is 0 Å². The zero-order valence-corrected chi connectivity index (χ0v) is 11.1. The van der Waals surface area contributed by atoms with Crippen LogP contribution < -0.4 is 12.4 Å². The first-order valence-corrected chi connectivity index (χ1v) is 3.67. The maximum Gasteiger partial charge on any atom is 0.0131 e. The Morgan fingerprint density at radius 2 is 1.77 bits per heavy atom. The molecule has 1 aliphatic carbocycles. The van der Waals surface area contributed by atoms with E-state index in [0.717, 1.165) is 5.57 Å². The fourth-order valence-electron chi connectivity index (χ4n) is 1.29. The predicted molar refractivity (Wildman–Crippen MR) is 48.0 cm³/mol. The minimum Gasteiger partial charge on any atom is -1.00 e. The molecule has 0 aliphatic heterocycles. The number of rotatable bonds is 0. The van der Waals surface area contributed by atoms with E-state index in [4.69, 9.17) is 0 Å². The van der Waals surface area contributed by atoms with Crippen LogP contribution in [0.4, 0.5) is 0 Å². The van der Waals surface area contributed by atoms with Gasteiger partial charge in [0.2, 0.25) is 0 Å². The Balaban J connectivity index is 0.000000720. The Bertz CT molecular complexity index is 329. The second kappa shape index (κ2) is 5.37. The zero-order chi connectivity index (χ0) is 7.68. The largest absolute Gasteiger partial charge is 1.00 e.